The van der Waals surface area contributed by atoms with Crippen LogP contribution in [0.2, 0.25) is 0 Å². The third-order valence-electron chi connectivity index (χ3n) is 4.73. The minimum absolute atomic E-state index is 0.440. The Hall–Kier alpha value is -1.04. The molecule has 1 aromatic rings. The summed E-state index contributed by atoms with van der Waals surface area (Å²) in [6.07, 6.45) is 2.34. The molecule has 0 N–H and O–H groups in total. The van der Waals surface area contributed by atoms with Gasteiger partial charge < -0.3 is 9.64 Å². The molecule has 2 aliphatic rings. The molecule has 0 radical (unpaired) electrons. The predicted octanol–water partition coefficient (Wildman–Crippen LogP) is 2.51. The van der Waals surface area contributed by atoms with Gasteiger partial charge in [-0.15, -0.1) is 0 Å². The van der Waals surface area contributed by atoms with Gasteiger partial charge >= 0.3 is 0 Å². The molecule has 0 saturated carbocycles. The van der Waals surface area contributed by atoms with Crippen molar-refractivity contribution in [3.8, 4) is 0 Å². The molecule has 2 saturated heterocycles. The van der Waals surface area contributed by atoms with E-state index in [9.17, 15) is 8.78 Å². The summed E-state index contributed by atoms with van der Waals surface area (Å²) >= 11 is 0. The molecule has 2 fully saturated rings. The Balaban J connectivity index is 1.45. The summed E-state index contributed by atoms with van der Waals surface area (Å²) in [6, 6.07) is 3.86. The van der Waals surface area contributed by atoms with E-state index in [1.807, 2.05) is 0 Å². The molecule has 2 aliphatic heterocycles. The van der Waals surface area contributed by atoms with E-state index in [4.69, 9.17) is 4.74 Å². The van der Waals surface area contributed by atoms with Crippen LogP contribution in [-0.4, -0.2) is 55.7 Å². The van der Waals surface area contributed by atoms with Crippen LogP contribution in [0.5, 0.6) is 0 Å². The minimum Gasteiger partial charge on any atom is -0.381 e. The Morgan fingerprint density at radius 2 is 1.68 bits per heavy atom. The Kier molecular flexibility index (Phi) is 5.39. The molecule has 0 aromatic heterocycles. The molecule has 22 heavy (non-hydrogen) atoms. The SMILES string of the molecule is Fc1ccc(CN2CCN(CC3CCOCC3)CC2)c(F)c1. The van der Waals surface area contributed by atoms with Gasteiger partial charge in [-0.3, -0.25) is 4.90 Å². The second-order valence-electron chi connectivity index (χ2n) is 6.37. The van der Waals surface area contributed by atoms with Crippen molar-refractivity contribution in [2.24, 2.45) is 5.92 Å². The van der Waals surface area contributed by atoms with Crippen molar-refractivity contribution >= 4 is 0 Å². The van der Waals surface area contributed by atoms with Crippen molar-refractivity contribution in [3.63, 3.8) is 0 Å². The fourth-order valence-electron chi connectivity index (χ4n) is 3.31. The zero-order chi connectivity index (χ0) is 15.4. The highest BCUT2D eigenvalue weighted by Crippen LogP contribution is 2.18. The van der Waals surface area contributed by atoms with Gasteiger partial charge in [-0.1, -0.05) is 6.07 Å². The summed E-state index contributed by atoms with van der Waals surface area (Å²) in [6.45, 7) is 7.46. The fourth-order valence-corrected chi connectivity index (χ4v) is 3.31. The molecule has 3 nitrogen and oxygen atoms in total. The molecule has 0 amide bonds. The maximum Gasteiger partial charge on any atom is 0.130 e. The van der Waals surface area contributed by atoms with E-state index in [2.05, 4.69) is 9.80 Å². The molecular weight excluding hydrogens is 286 g/mol. The largest absolute Gasteiger partial charge is 0.381 e. The van der Waals surface area contributed by atoms with Crippen LogP contribution in [0, 0.1) is 17.6 Å². The van der Waals surface area contributed by atoms with Crippen molar-refractivity contribution in [2.75, 3.05) is 45.9 Å². The first kappa shape index (κ1) is 15.8. The highest BCUT2D eigenvalue weighted by molar-refractivity contribution is 5.18. The van der Waals surface area contributed by atoms with Crippen LogP contribution < -0.4 is 0 Å². The number of hydrogen-bond donors (Lipinski definition) is 0. The lowest BCUT2D eigenvalue weighted by molar-refractivity contribution is 0.0414. The number of hydrogen-bond acceptors (Lipinski definition) is 3. The predicted molar refractivity (Wildman–Crippen MR) is 81.6 cm³/mol. The Morgan fingerprint density at radius 3 is 2.36 bits per heavy atom. The van der Waals surface area contributed by atoms with Gasteiger partial charge in [0.2, 0.25) is 0 Å². The number of halogens is 2. The van der Waals surface area contributed by atoms with E-state index in [0.717, 1.165) is 57.9 Å². The summed E-state index contributed by atoms with van der Waals surface area (Å²) < 4.78 is 32.0. The number of piperazine rings is 1. The van der Waals surface area contributed by atoms with Gasteiger partial charge in [-0.05, 0) is 24.8 Å². The maximum atomic E-state index is 13.7. The van der Waals surface area contributed by atoms with Gasteiger partial charge in [0.05, 0.1) is 0 Å². The summed E-state index contributed by atoms with van der Waals surface area (Å²) in [5.74, 6) is -0.193. The second kappa shape index (κ2) is 7.49. The first-order valence-corrected chi connectivity index (χ1v) is 8.17. The van der Waals surface area contributed by atoms with Gasteiger partial charge in [-0.25, -0.2) is 8.78 Å². The summed E-state index contributed by atoms with van der Waals surface area (Å²) in [5.41, 5.74) is 0.583. The van der Waals surface area contributed by atoms with Crippen LogP contribution in [0.3, 0.4) is 0 Å². The molecule has 0 spiro atoms. The van der Waals surface area contributed by atoms with Gasteiger partial charge in [-0.2, -0.15) is 0 Å². The van der Waals surface area contributed by atoms with E-state index in [1.54, 1.807) is 6.07 Å². The quantitative estimate of drug-likeness (QED) is 0.850. The fraction of sp³-hybridized carbons (Fsp3) is 0.647. The number of benzene rings is 1. The average Bonchev–Trinajstić information content (AvgIpc) is 2.53. The highest BCUT2D eigenvalue weighted by Gasteiger charge is 2.22. The lowest BCUT2D eigenvalue weighted by atomic mass is 9.99. The monoisotopic (exact) mass is 310 g/mol. The van der Waals surface area contributed by atoms with Crippen LogP contribution in [0.25, 0.3) is 0 Å². The van der Waals surface area contributed by atoms with Crippen molar-refractivity contribution in [2.45, 2.75) is 19.4 Å². The third kappa shape index (κ3) is 4.24. The molecule has 0 atom stereocenters. The van der Waals surface area contributed by atoms with Crippen molar-refractivity contribution < 1.29 is 13.5 Å². The topological polar surface area (TPSA) is 15.7 Å². The first-order valence-electron chi connectivity index (χ1n) is 8.17. The van der Waals surface area contributed by atoms with Gasteiger partial charge in [0, 0.05) is 64.1 Å². The third-order valence-corrected chi connectivity index (χ3v) is 4.73. The van der Waals surface area contributed by atoms with E-state index in [0.29, 0.717) is 12.1 Å². The maximum absolute atomic E-state index is 13.7. The Morgan fingerprint density at radius 1 is 1.00 bits per heavy atom. The van der Waals surface area contributed by atoms with Crippen molar-refractivity contribution in [1.82, 2.24) is 9.80 Å². The lowest BCUT2D eigenvalue weighted by Gasteiger charge is -2.37. The molecule has 2 heterocycles. The van der Waals surface area contributed by atoms with Crippen LogP contribution in [0.1, 0.15) is 18.4 Å². The molecule has 3 rings (SSSR count). The zero-order valence-corrected chi connectivity index (χ0v) is 12.9. The summed E-state index contributed by atoms with van der Waals surface area (Å²) in [5, 5.41) is 0. The summed E-state index contributed by atoms with van der Waals surface area (Å²) in [4.78, 5) is 4.75. The normalized spacial score (nSPS) is 22.1. The van der Waals surface area contributed by atoms with Gasteiger partial charge in [0.15, 0.2) is 0 Å². The number of nitrogens with zero attached hydrogens (tertiary/aromatic N) is 2. The Bertz CT molecular complexity index is 484. The van der Waals surface area contributed by atoms with E-state index in [-0.39, 0.29) is 0 Å². The lowest BCUT2D eigenvalue weighted by Crippen LogP contribution is -2.47. The molecule has 0 aliphatic carbocycles. The highest BCUT2D eigenvalue weighted by atomic mass is 19.1. The Labute approximate surface area is 130 Å². The molecule has 0 unspecified atom stereocenters. The summed E-state index contributed by atoms with van der Waals surface area (Å²) in [7, 11) is 0. The number of rotatable bonds is 4. The standard InChI is InChI=1S/C17H24F2N2O/c18-16-2-1-15(17(19)11-16)13-21-7-5-20(6-8-21)12-14-3-9-22-10-4-14/h1-2,11,14H,3-10,12-13H2. The van der Waals surface area contributed by atoms with Crippen molar-refractivity contribution in [3.05, 3.63) is 35.4 Å². The van der Waals surface area contributed by atoms with Crippen LogP contribution >= 0.6 is 0 Å². The first-order chi connectivity index (χ1) is 10.7. The van der Waals surface area contributed by atoms with E-state index >= 15 is 0 Å². The van der Waals surface area contributed by atoms with Crippen LogP contribution in [0.4, 0.5) is 8.78 Å². The van der Waals surface area contributed by atoms with Crippen LogP contribution in [-0.2, 0) is 11.3 Å². The number of ether oxygens (including phenoxy) is 1. The molecule has 0 bridgehead atoms. The van der Waals surface area contributed by atoms with Gasteiger partial charge in [0.25, 0.3) is 0 Å². The zero-order valence-electron chi connectivity index (χ0n) is 12.9. The average molecular weight is 310 g/mol. The second-order valence-corrected chi connectivity index (χ2v) is 6.37. The van der Waals surface area contributed by atoms with Crippen LogP contribution in [0.15, 0.2) is 18.2 Å². The van der Waals surface area contributed by atoms with E-state index < -0.39 is 11.6 Å². The van der Waals surface area contributed by atoms with E-state index in [1.165, 1.54) is 18.9 Å². The van der Waals surface area contributed by atoms with Crippen molar-refractivity contribution in [1.29, 1.82) is 0 Å². The molecule has 1 aromatic carbocycles. The smallest absolute Gasteiger partial charge is 0.130 e. The molecule has 122 valence electrons. The molecule has 5 heteroatoms. The molecular formula is C17H24F2N2O. The minimum atomic E-state index is -0.512. The van der Waals surface area contributed by atoms with Gasteiger partial charge in [0.1, 0.15) is 11.6 Å².